The van der Waals surface area contributed by atoms with E-state index in [1.54, 1.807) is 0 Å². The third kappa shape index (κ3) is 3.26. The molecule has 0 aromatic carbocycles. The van der Waals surface area contributed by atoms with Crippen LogP contribution in [0, 0.1) is 0 Å². The third-order valence-electron chi connectivity index (χ3n) is 4.21. The number of rotatable bonds is 3. The highest BCUT2D eigenvalue weighted by atomic mass is 16.6. The van der Waals surface area contributed by atoms with Crippen molar-refractivity contribution in [1.82, 2.24) is 4.90 Å². The van der Waals surface area contributed by atoms with Crippen LogP contribution < -0.4 is 0 Å². The van der Waals surface area contributed by atoms with Crippen LogP contribution in [0.1, 0.15) is 46.5 Å². The van der Waals surface area contributed by atoms with Crippen LogP contribution in [0.4, 0.5) is 4.79 Å². The van der Waals surface area contributed by atoms with E-state index in [2.05, 4.69) is 0 Å². The van der Waals surface area contributed by atoms with Gasteiger partial charge >= 0.3 is 6.09 Å². The first-order valence-electron chi connectivity index (χ1n) is 7.67. The lowest BCUT2D eigenvalue weighted by Gasteiger charge is -2.39. The van der Waals surface area contributed by atoms with Crippen molar-refractivity contribution in [3.8, 4) is 0 Å². The topological polar surface area (TPSA) is 51.3 Å². The smallest absolute Gasteiger partial charge is 0.410 e. The van der Waals surface area contributed by atoms with Crippen LogP contribution in [-0.2, 0) is 14.2 Å². The predicted octanol–water partition coefficient (Wildman–Crippen LogP) is 2.33. The molecule has 3 atom stereocenters. The lowest BCUT2D eigenvalue weighted by atomic mass is 10.0. The van der Waals surface area contributed by atoms with E-state index in [0.29, 0.717) is 12.7 Å². The highest BCUT2D eigenvalue weighted by Gasteiger charge is 2.45. The van der Waals surface area contributed by atoms with Crippen LogP contribution in [-0.4, -0.2) is 54.1 Å². The zero-order valence-electron chi connectivity index (χ0n) is 12.6. The number of carbonyl (C=O) groups is 1. The van der Waals surface area contributed by atoms with E-state index >= 15 is 0 Å². The summed E-state index contributed by atoms with van der Waals surface area (Å²) in [5.41, 5.74) is -0.423. The number of piperidine rings is 1. The predicted molar refractivity (Wildman–Crippen MR) is 73.6 cm³/mol. The summed E-state index contributed by atoms with van der Waals surface area (Å²) in [4.78, 5) is 14.3. The van der Waals surface area contributed by atoms with Crippen molar-refractivity contribution in [2.45, 2.75) is 76.3 Å². The van der Waals surface area contributed by atoms with Crippen LogP contribution in [0.25, 0.3) is 0 Å². The SMILES string of the molecule is CC(C)(C)OC(=O)N1C2CCC1CC(OCC1CO1)C2. The number of fused-ring (bicyclic) bond motifs is 2. The van der Waals surface area contributed by atoms with Gasteiger partial charge in [0.2, 0.25) is 0 Å². The van der Waals surface area contributed by atoms with Crippen LogP contribution in [0.15, 0.2) is 0 Å². The van der Waals surface area contributed by atoms with E-state index in [4.69, 9.17) is 14.2 Å². The van der Waals surface area contributed by atoms with E-state index in [-0.39, 0.29) is 24.3 Å². The summed E-state index contributed by atoms with van der Waals surface area (Å²) in [7, 11) is 0. The molecule has 0 saturated carbocycles. The van der Waals surface area contributed by atoms with Gasteiger partial charge in [-0.25, -0.2) is 4.79 Å². The second kappa shape index (κ2) is 5.19. The minimum atomic E-state index is -0.423. The first-order chi connectivity index (χ1) is 9.42. The average Bonchev–Trinajstić information content (AvgIpc) is 3.10. The number of epoxide rings is 1. The molecule has 3 rings (SSSR count). The van der Waals surface area contributed by atoms with Gasteiger partial charge in [0.25, 0.3) is 0 Å². The quantitative estimate of drug-likeness (QED) is 0.746. The first kappa shape index (κ1) is 14.1. The maximum absolute atomic E-state index is 12.3. The molecule has 20 heavy (non-hydrogen) atoms. The third-order valence-corrected chi connectivity index (χ3v) is 4.21. The van der Waals surface area contributed by atoms with E-state index in [0.717, 1.165) is 32.3 Å². The Balaban J connectivity index is 1.55. The van der Waals surface area contributed by atoms with Crippen molar-refractivity contribution in [1.29, 1.82) is 0 Å². The van der Waals surface area contributed by atoms with Crippen molar-refractivity contribution in [2.75, 3.05) is 13.2 Å². The van der Waals surface area contributed by atoms with Gasteiger partial charge in [-0.3, -0.25) is 0 Å². The van der Waals surface area contributed by atoms with Gasteiger partial charge in [0.15, 0.2) is 0 Å². The minimum absolute atomic E-state index is 0.158. The Morgan fingerprint density at radius 3 is 2.35 bits per heavy atom. The van der Waals surface area contributed by atoms with E-state index in [1.807, 2.05) is 25.7 Å². The zero-order chi connectivity index (χ0) is 14.3. The van der Waals surface area contributed by atoms with Crippen molar-refractivity contribution in [3.63, 3.8) is 0 Å². The van der Waals surface area contributed by atoms with Crippen LogP contribution in [0.2, 0.25) is 0 Å². The summed E-state index contributed by atoms with van der Waals surface area (Å²) in [5, 5.41) is 0. The molecule has 5 nitrogen and oxygen atoms in total. The highest BCUT2D eigenvalue weighted by Crippen LogP contribution is 2.38. The monoisotopic (exact) mass is 283 g/mol. The minimum Gasteiger partial charge on any atom is -0.444 e. The molecule has 3 aliphatic rings. The van der Waals surface area contributed by atoms with Crippen molar-refractivity contribution < 1.29 is 19.0 Å². The van der Waals surface area contributed by atoms with Gasteiger partial charge in [0.05, 0.1) is 19.3 Å². The summed E-state index contributed by atoms with van der Waals surface area (Å²) in [6, 6.07) is 0.572. The Morgan fingerprint density at radius 2 is 1.85 bits per heavy atom. The number of hydrogen-bond acceptors (Lipinski definition) is 4. The molecule has 2 bridgehead atoms. The molecule has 0 spiro atoms. The fourth-order valence-corrected chi connectivity index (χ4v) is 3.28. The molecule has 3 unspecified atom stereocenters. The molecular weight excluding hydrogens is 258 g/mol. The normalized spacial score (nSPS) is 36.0. The number of hydrogen-bond donors (Lipinski definition) is 0. The standard InChI is InChI=1S/C15H25NO4/c1-15(2,3)20-14(17)16-10-4-5-11(16)7-12(6-10)18-8-13-9-19-13/h10-13H,4-9H2,1-3H3. The second-order valence-electron chi connectivity index (χ2n) is 7.15. The van der Waals surface area contributed by atoms with Gasteiger partial charge in [-0.15, -0.1) is 0 Å². The number of carbonyl (C=O) groups excluding carboxylic acids is 1. The van der Waals surface area contributed by atoms with E-state index in [9.17, 15) is 4.79 Å². The Morgan fingerprint density at radius 1 is 1.25 bits per heavy atom. The van der Waals surface area contributed by atoms with Gasteiger partial charge in [-0.05, 0) is 46.5 Å². The summed E-state index contributed by atoms with van der Waals surface area (Å²) < 4.78 is 16.6. The summed E-state index contributed by atoms with van der Waals surface area (Å²) in [6.45, 7) is 7.29. The molecule has 3 aliphatic heterocycles. The molecule has 5 heteroatoms. The van der Waals surface area contributed by atoms with Crippen molar-refractivity contribution in [2.24, 2.45) is 0 Å². The lowest BCUT2D eigenvalue weighted by Crippen LogP contribution is -2.50. The largest absolute Gasteiger partial charge is 0.444 e. The molecule has 3 saturated heterocycles. The number of amides is 1. The Kier molecular flexibility index (Phi) is 3.67. The maximum Gasteiger partial charge on any atom is 0.410 e. The Hall–Kier alpha value is -0.810. The zero-order valence-corrected chi connectivity index (χ0v) is 12.6. The summed E-state index contributed by atoms with van der Waals surface area (Å²) >= 11 is 0. The first-order valence-corrected chi connectivity index (χ1v) is 7.67. The van der Waals surface area contributed by atoms with Gasteiger partial charge in [0, 0.05) is 12.1 Å². The molecular formula is C15H25NO4. The molecule has 3 heterocycles. The van der Waals surface area contributed by atoms with E-state index in [1.165, 1.54) is 0 Å². The molecule has 0 aliphatic carbocycles. The van der Waals surface area contributed by atoms with Crippen LogP contribution in [0.3, 0.4) is 0 Å². The summed E-state index contributed by atoms with van der Waals surface area (Å²) in [6.07, 6.45) is 4.44. The molecule has 0 aromatic rings. The fraction of sp³-hybridized carbons (Fsp3) is 0.933. The molecule has 0 radical (unpaired) electrons. The number of nitrogens with zero attached hydrogens (tertiary/aromatic N) is 1. The summed E-state index contributed by atoms with van der Waals surface area (Å²) in [5.74, 6) is 0. The molecule has 114 valence electrons. The van der Waals surface area contributed by atoms with Gasteiger partial charge in [-0.2, -0.15) is 0 Å². The van der Waals surface area contributed by atoms with Crippen molar-refractivity contribution >= 4 is 6.09 Å². The van der Waals surface area contributed by atoms with Crippen LogP contribution in [0.5, 0.6) is 0 Å². The lowest BCUT2D eigenvalue weighted by molar-refractivity contribution is -0.0372. The molecule has 0 aromatic heterocycles. The van der Waals surface area contributed by atoms with E-state index < -0.39 is 5.60 Å². The van der Waals surface area contributed by atoms with Crippen LogP contribution >= 0.6 is 0 Å². The maximum atomic E-state index is 12.3. The van der Waals surface area contributed by atoms with Gasteiger partial charge < -0.3 is 19.1 Å². The fourth-order valence-electron chi connectivity index (χ4n) is 3.28. The van der Waals surface area contributed by atoms with Gasteiger partial charge in [0.1, 0.15) is 11.7 Å². The second-order valence-corrected chi connectivity index (χ2v) is 7.15. The number of ether oxygens (including phenoxy) is 3. The highest BCUT2D eigenvalue weighted by molar-refractivity contribution is 5.69. The molecule has 3 fully saturated rings. The molecule has 0 N–H and O–H groups in total. The van der Waals surface area contributed by atoms with Crippen molar-refractivity contribution in [3.05, 3.63) is 0 Å². The Bertz CT molecular complexity index is 361. The molecule has 1 amide bonds. The average molecular weight is 283 g/mol. The van der Waals surface area contributed by atoms with Gasteiger partial charge in [-0.1, -0.05) is 0 Å². The Labute approximate surface area is 120 Å².